The molecule has 0 aromatic heterocycles. The third-order valence-electron chi connectivity index (χ3n) is 5.09. The predicted molar refractivity (Wildman–Crippen MR) is 129 cm³/mol. The van der Waals surface area contributed by atoms with Crippen LogP contribution in [0, 0.1) is 13.8 Å². The number of hydrogen-bond donors (Lipinski definition) is 2. The lowest BCUT2D eigenvalue weighted by Gasteiger charge is -2.19. The summed E-state index contributed by atoms with van der Waals surface area (Å²) in [6.07, 6.45) is 2.65. The van der Waals surface area contributed by atoms with Crippen molar-refractivity contribution in [2.45, 2.75) is 38.9 Å². The molecule has 1 amide bonds. The Morgan fingerprint density at radius 1 is 1.17 bits per heavy atom. The highest BCUT2D eigenvalue weighted by Gasteiger charge is 2.22. The van der Waals surface area contributed by atoms with Gasteiger partial charge >= 0.3 is 0 Å². The molecule has 154 valence electrons. The first-order chi connectivity index (χ1) is 14.0. The van der Waals surface area contributed by atoms with Crippen LogP contribution in [0.3, 0.4) is 0 Å². The molecule has 6 heteroatoms. The molecule has 0 spiro atoms. The van der Waals surface area contributed by atoms with Gasteiger partial charge in [-0.25, -0.2) is 0 Å². The summed E-state index contributed by atoms with van der Waals surface area (Å²) in [4.78, 5) is 13.8. The van der Waals surface area contributed by atoms with Crippen LogP contribution in [-0.2, 0) is 10.5 Å². The largest absolute Gasteiger partial charge is 0.362 e. The van der Waals surface area contributed by atoms with Crippen LogP contribution in [0.5, 0.6) is 0 Å². The highest BCUT2D eigenvalue weighted by Crippen LogP contribution is 2.27. The Hall–Kier alpha value is -2.05. The zero-order valence-electron chi connectivity index (χ0n) is 17.2. The van der Waals surface area contributed by atoms with Crippen LogP contribution < -0.4 is 15.5 Å². The number of amides is 1. The monoisotopic (exact) mass is 427 g/mol. The molecule has 1 saturated heterocycles. The number of nitrogens with zero attached hydrogens (tertiary/aromatic N) is 1. The smallest absolute Gasteiger partial charge is 0.227 e. The summed E-state index contributed by atoms with van der Waals surface area (Å²) in [5.74, 6) is 2.37. The average Bonchev–Trinajstić information content (AvgIpc) is 3.11. The van der Waals surface area contributed by atoms with E-state index in [1.54, 1.807) is 0 Å². The number of rotatable bonds is 8. The van der Waals surface area contributed by atoms with Crippen LogP contribution in [0.25, 0.3) is 0 Å². The molecule has 2 N–H and O–H groups in total. The summed E-state index contributed by atoms with van der Waals surface area (Å²) < 4.78 is 0. The second kappa shape index (κ2) is 10.6. The van der Waals surface area contributed by atoms with E-state index >= 15 is 0 Å². The number of hydrogen-bond acceptors (Lipinski definition) is 3. The van der Waals surface area contributed by atoms with Gasteiger partial charge in [-0.3, -0.25) is 4.79 Å². The Morgan fingerprint density at radius 2 is 2.00 bits per heavy atom. The summed E-state index contributed by atoms with van der Waals surface area (Å²) >= 11 is 7.37. The molecule has 29 heavy (non-hydrogen) atoms. The van der Waals surface area contributed by atoms with Gasteiger partial charge in [-0.15, -0.1) is 0 Å². The van der Waals surface area contributed by atoms with Gasteiger partial charge in [-0.1, -0.05) is 24.3 Å². The standard InChI is InChI=1S/C23H29N3OS2/c1-17-7-3-4-8-19(17)16-29-14-6-12-24-23(28)25-20-10-11-21(18(2)15-20)26-13-5-9-22(26)27/h3-4,7-8,10-11,15H,5-6,9,12-14,16H2,1-2H3,(H2,24,25,28). The fourth-order valence-electron chi connectivity index (χ4n) is 3.44. The first kappa shape index (κ1) is 21.7. The van der Waals surface area contributed by atoms with Gasteiger partial charge in [0.05, 0.1) is 0 Å². The van der Waals surface area contributed by atoms with Crippen molar-refractivity contribution in [3.63, 3.8) is 0 Å². The SMILES string of the molecule is Cc1ccccc1CSCCCNC(=S)Nc1ccc(N2CCCC2=O)c(C)c1. The second-order valence-electron chi connectivity index (χ2n) is 7.36. The molecule has 4 nitrogen and oxygen atoms in total. The number of benzene rings is 2. The average molecular weight is 428 g/mol. The highest BCUT2D eigenvalue weighted by molar-refractivity contribution is 7.98. The van der Waals surface area contributed by atoms with E-state index in [1.165, 1.54) is 11.1 Å². The van der Waals surface area contributed by atoms with Gasteiger partial charge in [0.15, 0.2) is 5.11 Å². The zero-order valence-corrected chi connectivity index (χ0v) is 18.8. The molecular weight excluding hydrogens is 398 g/mol. The Labute approximate surface area is 183 Å². The van der Waals surface area contributed by atoms with Crippen molar-refractivity contribution in [1.82, 2.24) is 5.32 Å². The molecule has 0 saturated carbocycles. The van der Waals surface area contributed by atoms with E-state index in [-0.39, 0.29) is 5.91 Å². The topological polar surface area (TPSA) is 44.4 Å². The van der Waals surface area contributed by atoms with Gasteiger partial charge in [0.25, 0.3) is 0 Å². The van der Waals surface area contributed by atoms with Gasteiger partial charge < -0.3 is 15.5 Å². The van der Waals surface area contributed by atoms with E-state index in [4.69, 9.17) is 12.2 Å². The van der Waals surface area contributed by atoms with Crippen molar-refractivity contribution in [3.8, 4) is 0 Å². The first-order valence-corrected chi connectivity index (χ1v) is 11.7. The Balaban J connectivity index is 1.37. The lowest BCUT2D eigenvalue weighted by atomic mass is 10.1. The first-order valence-electron chi connectivity index (χ1n) is 10.1. The van der Waals surface area contributed by atoms with Crippen molar-refractivity contribution >= 4 is 46.4 Å². The fraction of sp³-hybridized carbons (Fsp3) is 0.391. The minimum Gasteiger partial charge on any atom is -0.362 e. The van der Waals surface area contributed by atoms with E-state index in [1.807, 2.05) is 41.8 Å². The molecule has 3 rings (SSSR count). The van der Waals surface area contributed by atoms with Crippen molar-refractivity contribution in [2.24, 2.45) is 0 Å². The number of nitrogens with one attached hydrogen (secondary N) is 2. The maximum absolute atomic E-state index is 12.0. The van der Waals surface area contributed by atoms with Crippen LogP contribution in [0.15, 0.2) is 42.5 Å². The Morgan fingerprint density at radius 3 is 2.72 bits per heavy atom. The lowest BCUT2D eigenvalue weighted by molar-refractivity contribution is -0.117. The maximum atomic E-state index is 12.0. The minimum atomic E-state index is 0.214. The van der Waals surface area contributed by atoms with E-state index in [0.717, 1.165) is 54.4 Å². The molecule has 0 radical (unpaired) electrons. The summed E-state index contributed by atoms with van der Waals surface area (Å²) in [5.41, 5.74) is 5.81. The molecule has 2 aromatic carbocycles. The van der Waals surface area contributed by atoms with Crippen molar-refractivity contribution < 1.29 is 4.79 Å². The number of thiocarbonyl (C=S) groups is 1. The molecule has 0 atom stereocenters. The van der Waals surface area contributed by atoms with Crippen LogP contribution in [0.4, 0.5) is 11.4 Å². The van der Waals surface area contributed by atoms with Crippen LogP contribution in [0.1, 0.15) is 36.0 Å². The normalized spacial score (nSPS) is 13.6. The van der Waals surface area contributed by atoms with E-state index < -0.39 is 0 Å². The van der Waals surface area contributed by atoms with E-state index in [2.05, 4.69) is 41.8 Å². The Bertz CT molecular complexity index is 869. The van der Waals surface area contributed by atoms with Gasteiger partial charge in [0.2, 0.25) is 5.91 Å². The van der Waals surface area contributed by atoms with E-state index in [0.29, 0.717) is 11.5 Å². The molecule has 0 aliphatic carbocycles. The summed E-state index contributed by atoms with van der Waals surface area (Å²) in [7, 11) is 0. The van der Waals surface area contributed by atoms with Gasteiger partial charge in [0, 0.05) is 36.6 Å². The molecule has 1 aliphatic heterocycles. The van der Waals surface area contributed by atoms with Gasteiger partial charge in [0.1, 0.15) is 0 Å². The molecule has 1 heterocycles. The van der Waals surface area contributed by atoms with Crippen LogP contribution >= 0.6 is 24.0 Å². The molecular formula is C23H29N3OS2. The third kappa shape index (κ3) is 6.21. The number of anilines is 2. The molecule has 0 bridgehead atoms. The molecule has 1 fully saturated rings. The molecule has 1 aliphatic rings. The van der Waals surface area contributed by atoms with Crippen molar-refractivity contribution in [3.05, 3.63) is 59.2 Å². The predicted octanol–water partition coefficient (Wildman–Crippen LogP) is 5.04. The second-order valence-corrected chi connectivity index (χ2v) is 8.88. The lowest BCUT2D eigenvalue weighted by Crippen LogP contribution is -2.29. The van der Waals surface area contributed by atoms with Crippen LogP contribution in [-0.4, -0.2) is 29.9 Å². The number of carbonyl (C=O) groups is 1. The van der Waals surface area contributed by atoms with E-state index in [9.17, 15) is 4.79 Å². The molecule has 0 unspecified atom stereocenters. The minimum absolute atomic E-state index is 0.214. The summed E-state index contributed by atoms with van der Waals surface area (Å²) in [6, 6.07) is 14.6. The highest BCUT2D eigenvalue weighted by atomic mass is 32.2. The number of aryl methyl sites for hydroxylation is 2. The summed E-state index contributed by atoms with van der Waals surface area (Å²) in [6.45, 7) is 5.87. The van der Waals surface area contributed by atoms with Gasteiger partial charge in [-0.05, 0) is 79.5 Å². The third-order valence-corrected chi connectivity index (χ3v) is 6.43. The quantitative estimate of drug-likeness (QED) is 0.456. The Kier molecular flexibility index (Phi) is 7.95. The zero-order chi connectivity index (χ0) is 20.6. The number of carbonyl (C=O) groups excluding carboxylic acids is 1. The molecule has 2 aromatic rings. The van der Waals surface area contributed by atoms with Crippen molar-refractivity contribution in [1.29, 1.82) is 0 Å². The number of thioether (sulfide) groups is 1. The van der Waals surface area contributed by atoms with Crippen molar-refractivity contribution in [2.75, 3.05) is 29.1 Å². The van der Waals surface area contributed by atoms with Crippen LogP contribution in [0.2, 0.25) is 0 Å². The maximum Gasteiger partial charge on any atom is 0.227 e. The fourth-order valence-corrected chi connectivity index (χ4v) is 4.70. The van der Waals surface area contributed by atoms with Gasteiger partial charge in [-0.2, -0.15) is 11.8 Å². The summed E-state index contributed by atoms with van der Waals surface area (Å²) in [5, 5.41) is 7.16.